The van der Waals surface area contributed by atoms with E-state index in [1.165, 1.54) is 14.2 Å². The predicted molar refractivity (Wildman–Crippen MR) is 244 cm³/mol. The Kier molecular flexibility index (Phi) is 12.2. The first-order valence-electron chi connectivity index (χ1n) is 22.2. The molecular weight excluding hydrogens is 829 g/mol. The summed E-state index contributed by atoms with van der Waals surface area (Å²) in [5.74, 6) is 1.96. The first-order chi connectivity index (χ1) is 31.5. The molecule has 2 aromatic heterocycles. The number of carbonyl (C=O) groups is 3. The van der Waals surface area contributed by atoms with Gasteiger partial charge in [-0.25, -0.2) is 19.6 Å². The number of rotatable bonds is 12. The van der Waals surface area contributed by atoms with Crippen molar-refractivity contribution < 1.29 is 38.4 Å². The molecule has 4 aromatic carbocycles. The molecule has 16 nitrogen and oxygen atoms in total. The third-order valence-corrected chi connectivity index (χ3v) is 13.3. The average Bonchev–Trinajstić information content (AvgIpc) is 4.15. The molecule has 340 valence electrons. The number of imidazole rings is 2. The van der Waals surface area contributed by atoms with Crippen molar-refractivity contribution in [3.63, 3.8) is 0 Å². The fraction of sp³-hybridized carbons (Fsp3) is 0.408. The average molecular weight is 885 g/mol. The number of likely N-dealkylation sites (tertiary alicyclic amines) is 2. The summed E-state index contributed by atoms with van der Waals surface area (Å²) in [4.78, 5) is 59.9. The van der Waals surface area contributed by atoms with Gasteiger partial charge >= 0.3 is 12.2 Å². The lowest BCUT2D eigenvalue weighted by Gasteiger charge is -2.38. The zero-order valence-electron chi connectivity index (χ0n) is 37.5. The number of hydrogen-bond acceptors (Lipinski definition) is 11. The molecule has 3 aliphatic heterocycles. The summed E-state index contributed by atoms with van der Waals surface area (Å²) in [6.07, 6.45) is 1.89. The number of benzene rings is 4. The molecule has 2 unspecified atom stereocenters. The van der Waals surface area contributed by atoms with Crippen molar-refractivity contribution in [3.8, 4) is 28.1 Å². The highest BCUT2D eigenvalue weighted by atomic mass is 16.5. The summed E-state index contributed by atoms with van der Waals surface area (Å²) in [6, 6.07) is 21.9. The third kappa shape index (κ3) is 8.37. The highest BCUT2D eigenvalue weighted by Gasteiger charge is 2.43. The monoisotopic (exact) mass is 884 g/mol. The molecule has 0 saturated carbocycles. The molecule has 5 N–H and O–H groups in total. The van der Waals surface area contributed by atoms with E-state index in [9.17, 15) is 19.5 Å². The van der Waals surface area contributed by atoms with Gasteiger partial charge in [0.05, 0.1) is 61.9 Å². The van der Waals surface area contributed by atoms with Crippen LogP contribution in [-0.4, -0.2) is 106 Å². The second-order valence-electron chi connectivity index (χ2n) is 17.7. The first-order valence-corrected chi connectivity index (χ1v) is 22.2. The molecule has 0 radical (unpaired) electrons. The van der Waals surface area contributed by atoms with Gasteiger partial charge in [-0.05, 0) is 84.0 Å². The second-order valence-corrected chi connectivity index (χ2v) is 17.7. The number of nitrogens with one attached hydrogen (secondary N) is 4. The van der Waals surface area contributed by atoms with Crippen LogP contribution in [-0.2, 0) is 25.6 Å². The number of H-pyrrole nitrogens is 2. The maximum atomic E-state index is 14.3. The quantitative estimate of drug-likeness (QED) is 0.0815. The molecule has 2 saturated heterocycles. The van der Waals surface area contributed by atoms with Gasteiger partial charge in [0, 0.05) is 36.6 Å². The number of hydrogen-bond donors (Lipinski definition) is 5. The molecule has 5 heterocycles. The summed E-state index contributed by atoms with van der Waals surface area (Å²) in [5.41, 5.74) is 7.20. The molecule has 0 spiro atoms. The third-order valence-electron chi connectivity index (χ3n) is 13.3. The number of carbonyl (C=O) groups excluding carboxylic acids is 3. The molecule has 2 fully saturated rings. The number of aliphatic hydroxyl groups excluding tert-OH is 1. The number of nitrogens with zero attached hydrogens (tertiary/aromatic N) is 4. The van der Waals surface area contributed by atoms with Crippen LogP contribution in [0.25, 0.3) is 44.2 Å². The molecule has 0 bridgehead atoms. The molecule has 0 aliphatic carbocycles. The number of aliphatic hydroxyl groups is 1. The van der Waals surface area contributed by atoms with Crippen molar-refractivity contribution in [2.75, 3.05) is 34.5 Å². The van der Waals surface area contributed by atoms with Gasteiger partial charge in [-0.3, -0.25) is 9.69 Å². The van der Waals surface area contributed by atoms with Crippen LogP contribution in [0.5, 0.6) is 5.75 Å². The Bertz CT molecular complexity index is 2720. The molecule has 3 amide bonds. The standard InChI is InChI=1S/C49H56N8O8/c1-26(2)41(54-48(60)63-5)47(59)57-27(3)12-17-38(57)45-51-36-16-14-30-20-35-33-15-13-31(19-32(33)25-65-40(35)21-34(30)43(36)53-45)37-22-50-44(52-37)39-18-28(24-62-4)23-56(39)46(58)42(55-49(61)64-6)29-10-8-7-9-11-29/h7-11,13-16,19-22,26-28,38-39,41-42,47,59H,12,17-18,23-25H2,1-6H3,(H,50,52)(H,51,53)(H,54,60)(H,55,61)/t27-,28?,38-,39-,41-,42+,47?/m0/s1. The Morgan fingerprint density at radius 3 is 2.45 bits per heavy atom. The van der Waals surface area contributed by atoms with Crippen LogP contribution in [0.15, 0.2) is 79.0 Å². The minimum atomic E-state index is -0.948. The number of fused-ring (bicyclic) bond motifs is 6. The number of aromatic nitrogens is 4. The van der Waals surface area contributed by atoms with E-state index in [2.05, 4.69) is 68.8 Å². The Morgan fingerprint density at radius 1 is 0.908 bits per heavy atom. The van der Waals surface area contributed by atoms with Crippen LogP contribution < -0.4 is 15.4 Å². The molecule has 9 rings (SSSR count). The summed E-state index contributed by atoms with van der Waals surface area (Å²) < 4.78 is 21.7. The fourth-order valence-electron chi connectivity index (χ4n) is 10.0. The van der Waals surface area contributed by atoms with Crippen molar-refractivity contribution in [2.45, 2.75) is 83.1 Å². The highest BCUT2D eigenvalue weighted by Crippen LogP contribution is 2.44. The molecule has 16 heteroatoms. The van der Waals surface area contributed by atoms with Crippen LogP contribution in [0.4, 0.5) is 9.59 Å². The van der Waals surface area contributed by atoms with Crippen LogP contribution in [0.3, 0.4) is 0 Å². The van der Waals surface area contributed by atoms with Gasteiger partial charge < -0.3 is 49.6 Å². The number of methoxy groups -OCH3 is 3. The predicted octanol–water partition coefficient (Wildman–Crippen LogP) is 7.52. The topological polar surface area (TPSA) is 196 Å². The summed E-state index contributed by atoms with van der Waals surface area (Å²) in [5, 5.41) is 19.3. The smallest absolute Gasteiger partial charge is 0.407 e. The minimum Gasteiger partial charge on any atom is -0.488 e. The number of ether oxygens (including phenoxy) is 4. The van der Waals surface area contributed by atoms with Gasteiger partial charge in [-0.2, -0.15) is 0 Å². The molecule has 7 atom stereocenters. The SMILES string of the molecule is COCC1C[C@@H](c2ncc(-c3ccc4c(c3)COc3cc5c(ccc6[nH]c([C@@H]7CC[C@H](C)N7C(O)[C@@H](NC(=O)OC)C(C)C)nc65)cc3-4)[nH]2)N(C(=O)[C@H](NC(=O)OC)c2ccccc2)C1. The number of aromatic amines is 2. The maximum Gasteiger partial charge on any atom is 0.407 e. The summed E-state index contributed by atoms with van der Waals surface area (Å²) in [6.45, 7) is 7.31. The molecule has 65 heavy (non-hydrogen) atoms. The fourth-order valence-corrected chi connectivity index (χ4v) is 10.0. The van der Waals surface area contributed by atoms with Gasteiger partial charge in [0.15, 0.2) is 0 Å². The lowest BCUT2D eigenvalue weighted by molar-refractivity contribution is -0.134. The van der Waals surface area contributed by atoms with E-state index in [1.807, 2.05) is 50.2 Å². The maximum absolute atomic E-state index is 14.3. The lowest BCUT2D eigenvalue weighted by atomic mass is 9.92. The van der Waals surface area contributed by atoms with E-state index in [0.29, 0.717) is 37.6 Å². The molecule has 6 aromatic rings. The Balaban J connectivity index is 0.973. The van der Waals surface area contributed by atoms with Gasteiger partial charge in [0.25, 0.3) is 5.91 Å². The Labute approximate surface area is 377 Å². The normalized spacial score (nSPS) is 20.8. The van der Waals surface area contributed by atoms with E-state index in [1.54, 1.807) is 18.2 Å². The van der Waals surface area contributed by atoms with E-state index in [0.717, 1.165) is 74.2 Å². The largest absolute Gasteiger partial charge is 0.488 e. The van der Waals surface area contributed by atoms with Gasteiger partial charge in [-0.1, -0.05) is 62.4 Å². The molecule has 3 aliphatic rings. The summed E-state index contributed by atoms with van der Waals surface area (Å²) >= 11 is 0. The zero-order chi connectivity index (χ0) is 45.5. The Morgan fingerprint density at radius 2 is 1.69 bits per heavy atom. The van der Waals surface area contributed by atoms with Crippen LogP contribution in [0, 0.1) is 11.8 Å². The van der Waals surface area contributed by atoms with Crippen molar-refractivity contribution in [3.05, 3.63) is 102 Å². The van der Waals surface area contributed by atoms with Crippen molar-refractivity contribution in [2.24, 2.45) is 11.8 Å². The van der Waals surface area contributed by atoms with Gasteiger partial charge in [0.1, 0.15) is 36.3 Å². The minimum absolute atomic E-state index is 0.0426. The second kappa shape index (κ2) is 18.2. The number of alkyl carbamates (subject to hydrolysis) is 2. The highest BCUT2D eigenvalue weighted by molar-refractivity contribution is 6.07. The van der Waals surface area contributed by atoms with E-state index >= 15 is 0 Å². The zero-order valence-corrected chi connectivity index (χ0v) is 37.5. The van der Waals surface area contributed by atoms with E-state index in [-0.39, 0.29) is 35.9 Å². The van der Waals surface area contributed by atoms with Crippen LogP contribution >= 0.6 is 0 Å². The summed E-state index contributed by atoms with van der Waals surface area (Å²) in [7, 11) is 4.25. The number of amides is 3. The van der Waals surface area contributed by atoms with Gasteiger partial charge in [0.2, 0.25) is 0 Å². The Hall–Kier alpha value is -6.49. The van der Waals surface area contributed by atoms with E-state index in [4.69, 9.17) is 28.9 Å². The van der Waals surface area contributed by atoms with Crippen LogP contribution in [0.1, 0.15) is 80.9 Å². The van der Waals surface area contributed by atoms with E-state index < -0.39 is 30.5 Å². The molecular formula is C49H56N8O8. The van der Waals surface area contributed by atoms with Crippen molar-refractivity contribution >= 4 is 39.9 Å². The van der Waals surface area contributed by atoms with Gasteiger partial charge in [-0.15, -0.1) is 0 Å². The van der Waals surface area contributed by atoms with Crippen LogP contribution in [0.2, 0.25) is 0 Å². The first kappa shape index (κ1) is 43.7. The van der Waals surface area contributed by atoms with Crippen molar-refractivity contribution in [1.82, 2.24) is 40.4 Å². The van der Waals surface area contributed by atoms with Crippen molar-refractivity contribution in [1.29, 1.82) is 0 Å². The lowest BCUT2D eigenvalue weighted by Crippen LogP contribution is -2.55.